The second-order valence-corrected chi connectivity index (χ2v) is 8.38. The van der Waals surface area contributed by atoms with Gasteiger partial charge in [0.15, 0.2) is 6.04 Å². The maximum atomic E-state index is 13.0. The van der Waals surface area contributed by atoms with Crippen LogP contribution >= 0.6 is 24.0 Å². The Hall–Kier alpha value is -3.76. The van der Waals surface area contributed by atoms with Crippen LogP contribution in [0.4, 0.5) is 5.69 Å². The van der Waals surface area contributed by atoms with Crippen LogP contribution in [0.5, 0.6) is 0 Å². The van der Waals surface area contributed by atoms with Gasteiger partial charge >= 0.3 is 5.97 Å². The van der Waals surface area contributed by atoms with Gasteiger partial charge in [-0.2, -0.15) is 0 Å². The minimum Gasteiger partial charge on any atom is -0.479 e. The lowest BCUT2D eigenvalue weighted by molar-refractivity contribution is -0.384. The number of hydrogen-bond acceptors (Lipinski definition) is 7. The van der Waals surface area contributed by atoms with Gasteiger partial charge in [-0.25, -0.2) is 4.79 Å². The Morgan fingerprint density at radius 1 is 1.12 bits per heavy atom. The summed E-state index contributed by atoms with van der Waals surface area (Å²) < 4.78 is 5.89. The van der Waals surface area contributed by atoms with Crippen molar-refractivity contribution in [2.24, 2.45) is 0 Å². The van der Waals surface area contributed by atoms with E-state index in [4.69, 9.17) is 16.6 Å². The molecule has 1 aliphatic heterocycles. The third kappa shape index (κ3) is 4.18. The summed E-state index contributed by atoms with van der Waals surface area (Å²) in [7, 11) is 0. The molecule has 1 aromatic heterocycles. The quantitative estimate of drug-likeness (QED) is 0.237. The van der Waals surface area contributed by atoms with E-state index in [0.29, 0.717) is 22.6 Å². The van der Waals surface area contributed by atoms with Gasteiger partial charge in [0.1, 0.15) is 15.8 Å². The van der Waals surface area contributed by atoms with Crippen molar-refractivity contribution in [2.45, 2.75) is 6.04 Å². The van der Waals surface area contributed by atoms with E-state index in [0.717, 1.165) is 16.7 Å². The topological polar surface area (TPSA) is 114 Å². The minimum absolute atomic E-state index is 0.0318. The summed E-state index contributed by atoms with van der Waals surface area (Å²) in [6.45, 7) is 0. The number of aliphatic carboxylic acids is 1. The first-order valence-corrected chi connectivity index (χ1v) is 10.5. The third-order valence-electron chi connectivity index (χ3n) is 4.69. The standard InChI is InChI=1S/C22H14N2O6S2/c25-20-18(32-22(31)23(20)19(21(26)27)14-4-2-1-3-5-14)12-16-10-11-17(30-16)13-6-8-15(9-7-13)24(28)29/h1-12,19H,(H,26,27)/b18-12+. The fourth-order valence-corrected chi connectivity index (χ4v) is 4.50. The van der Waals surface area contributed by atoms with Gasteiger partial charge < -0.3 is 9.52 Å². The van der Waals surface area contributed by atoms with Crippen LogP contribution in [0.15, 0.2) is 76.1 Å². The molecule has 2 heterocycles. The summed E-state index contributed by atoms with van der Waals surface area (Å²) in [5.41, 5.74) is 1.05. The molecule has 1 N–H and O–H groups in total. The molecule has 4 rings (SSSR count). The number of nitro groups is 1. The number of non-ortho nitro benzene ring substituents is 1. The predicted octanol–water partition coefficient (Wildman–Crippen LogP) is 4.88. The van der Waals surface area contributed by atoms with Crippen LogP contribution in [0.3, 0.4) is 0 Å². The van der Waals surface area contributed by atoms with E-state index < -0.39 is 22.8 Å². The van der Waals surface area contributed by atoms with Gasteiger partial charge in [-0.3, -0.25) is 19.8 Å². The lowest BCUT2D eigenvalue weighted by Crippen LogP contribution is -2.37. The van der Waals surface area contributed by atoms with Gasteiger partial charge in [-0.1, -0.05) is 54.3 Å². The predicted molar refractivity (Wildman–Crippen MR) is 123 cm³/mol. The molecule has 1 aliphatic rings. The van der Waals surface area contributed by atoms with Gasteiger partial charge in [0, 0.05) is 23.8 Å². The maximum Gasteiger partial charge on any atom is 0.331 e. The minimum atomic E-state index is -1.23. The molecule has 0 saturated carbocycles. The highest BCUT2D eigenvalue weighted by Gasteiger charge is 2.41. The number of carbonyl (C=O) groups is 2. The number of furan rings is 1. The highest BCUT2D eigenvalue weighted by Crippen LogP contribution is 2.39. The Balaban J connectivity index is 1.59. The number of thioether (sulfide) groups is 1. The molecule has 3 aromatic rings. The van der Waals surface area contributed by atoms with Crippen LogP contribution in [-0.4, -0.2) is 31.1 Å². The highest BCUT2D eigenvalue weighted by atomic mass is 32.2. The Kier molecular flexibility index (Phi) is 5.89. The molecule has 1 amide bonds. The fraction of sp³-hybridized carbons (Fsp3) is 0.0455. The van der Waals surface area contributed by atoms with E-state index in [-0.39, 0.29) is 14.9 Å². The molecule has 1 fully saturated rings. The van der Waals surface area contributed by atoms with E-state index in [1.54, 1.807) is 54.6 Å². The van der Waals surface area contributed by atoms with Crippen molar-refractivity contribution in [3.8, 4) is 11.3 Å². The van der Waals surface area contributed by atoms with E-state index in [2.05, 4.69) is 0 Å². The number of hydrogen-bond donors (Lipinski definition) is 1. The number of nitrogens with zero attached hydrogens (tertiary/aromatic N) is 2. The number of benzene rings is 2. The van der Waals surface area contributed by atoms with Crippen LogP contribution in [-0.2, 0) is 9.59 Å². The molecule has 32 heavy (non-hydrogen) atoms. The number of thiocarbonyl (C=S) groups is 1. The number of carbonyl (C=O) groups excluding carboxylic acids is 1. The average molecular weight is 466 g/mol. The van der Waals surface area contributed by atoms with Crippen LogP contribution in [0.1, 0.15) is 17.4 Å². The zero-order valence-corrected chi connectivity index (χ0v) is 17.8. The van der Waals surface area contributed by atoms with Crippen molar-refractivity contribution >= 4 is 51.9 Å². The molecule has 0 bridgehead atoms. The van der Waals surface area contributed by atoms with Crippen LogP contribution in [0.2, 0.25) is 0 Å². The summed E-state index contributed by atoms with van der Waals surface area (Å²) in [4.78, 5) is 36.6. The van der Waals surface area contributed by atoms with Crippen molar-refractivity contribution in [2.75, 3.05) is 0 Å². The monoisotopic (exact) mass is 466 g/mol. The summed E-state index contributed by atoms with van der Waals surface area (Å²) in [6, 6.07) is 16.4. The molecule has 1 unspecified atom stereocenters. The molecule has 2 aromatic carbocycles. The van der Waals surface area contributed by atoms with Gasteiger partial charge in [-0.15, -0.1) is 0 Å². The Labute approximate surface area is 191 Å². The van der Waals surface area contributed by atoms with E-state index in [9.17, 15) is 24.8 Å². The molecular formula is C22H14N2O6S2. The van der Waals surface area contributed by atoms with Gasteiger partial charge in [0.25, 0.3) is 11.6 Å². The zero-order valence-electron chi connectivity index (χ0n) is 16.2. The first-order valence-electron chi connectivity index (χ1n) is 9.24. The van der Waals surface area contributed by atoms with Crippen molar-refractivity contribution in [3.05, 3.63) is 93.1 Å². The van der Waals surface area contributed by atoms with Gasteiger partial charge in [0.2, 0.25) is 0 Å². The SMILES string of the molecule is O=C(O)C(c1ccccc1)N1C(=O)/C(=C\c2ccc(-c3ccc([N+](=O)[O-])cc3)o2)SC1=S. The number of carboxylic acid groups (broad SMARTS) is 1. The summed E-state index contributed by atoms with van der Waals surface area (Å²) in [5.74, 6) is -0.878. The fourth-order valence-electron chi connectivity index (χ4n) is 3.20. The molecule has 10 heteroatoms. The first kappa shape index (κ1) is 21.5. The smallest absolute Gasteiger partial charge is 0.331 e. The Bertz CT molecular complexity index is 1250. The largest absolute Gasteiger partial charge is 0.479 e. The number of carboxylic acids is 1. The molecule has 0 spiro atoms. The summed E-state index contributed by atoms with van der Waals surface area (Å²) in [5, 5.41) is 20.5. The molecule has 1 saturated heterocycles. The lowest BCUT2D eigenvalue weighted by Gasteiger charge is -2.23. The normalized spacial score (nSPS) is 15.9. The molecule has 160 valence electrons. The maximum absolute atomic E-state index is 13.0. The number of rotatable bonds is 6. The second-order valence-electron chi connectivity index (χ2n) is 6.71. The van der Waals surface area contributed by atoms with E-state index in [1.807, 2.05) is 0 Å². The average Bonchev–Trinajstić information content (AvgIpc) is 3.35. The summed E-state index contributed by atoms with van der Waals surface area (Å²) in [6.07, 6.45) is 1.50. The van der Waals surface area contributed by atoms with Crippen molar-refractivity contribution in [1.29, 1.82) is 0 Å². The highest BCUT2D eigenvalue weighted by molar-refractivity contribution is 8.26. The summed E-state index contributed by atoms with van der Waals surface area (Å²) >= 11 is 6.30. The molecule has 0 aliphatic carbocycles. The molecular weight excluding hydrogens is 452 g/mol. The second kappa shape index (κ2) is 8.77. The van der Waals surface area contributed by atoms with E-state index in [1.165, 1.54) is 18.2 Å². The van der Waals surface area contributed by atoms with Gasteiger partial charge in [0.05, 0.1) is 9.83 Å². The molecule has 1 atom stereocenters. The van der Waals surface area contributed by atoms with Gasteiger partial charge in [-0.05, 0) is 29.8 Å². The number of nitro benzene ring substituents is 1. The Morgan fingerprint density at radius 3 is 2.44 bits per heavy atom. The van der Waals surface area contributed by atoms with Crippen LogP contribution in [0, 0.1) is 10.1 Å². The molecule has 8 nitrogen and oxygen atoms in total. The molecule has 0 radical (unpaired) electrons. The van der Waals surface area contributed by atoms with Crippen LogP contribution < -0.4 is 0 Å². The zero-order chi connectivity index (χ0) is 22.8. The van der Waals surface area contributed by atoms with Crippen LogP contribution in [0.25, 0.3) is 17.4 Å². The van der Waals surface area contributed by atoms with Crippen molar-refractivity contribution < 1.29 is 24.0 Å². The Morgan fingerprint density at radius 2 is 1.81 bits per heavy atom. The van der Waals surface area contributed by atoms with E-state index >= 15 is 0 Å². The third-order valence-corrected chi connectivity index (χ3v) is 6.02. The lowest BCUT2D eigenvalue weighted by atomic mass is 10.1. The van der Waals surface area contributed by atoms with Crippen molar-refractivity contribution in [3.63, 3.8) is 0 Å². The first-order chi connectivity index (χ1) is 15.3. The number of amides is 1. The van der Waals surface area contributed by atoms with Crippen molar-refractivity contribution in [1.82, 2.24) is 4.90 Å².